The molecule has 23 heavy (non-hydrogen) atoms. The summed E-state index contributed by atoms with van der Waals surface area (Å²) < 4.78 is 14.5. The smallest absolute Gasteiger partial charge is 0.156 e. The van der Waals surface area contributed by atoms with Gasteiger partial charge >= 0.3 is 0 Å². The van der Waals surface area contributed by atoms with E-state index in [9.17, 15) is 0 Å². The van der Waals surface area contributed by atoms with E-state index in [0.717, 1.165) is 66.7 Å². The van der Waals surface area contributed by atoms with Gasteiger partial charge in [0.15, 0.2) is 12.0 Å². The highest BCUT2D eigenvalue weighted by atomic mass is 79.9. The number of nitrogens with zero attached hydrogens (tertiary/aromatic N) is 2. The van der Waals surface area contributed by atoms with Crippen LogP contribution in [0.4, 0.5) is 5.82 Å². The van der Waals surface area contributed by atoms with Gasteiger partial charge < -0.3 is 14.8 Å². The fourth-order valence-corrected chi connectivity index (χ4v) is 3.74. The number of hydrogen-bond donors (Lipinski definition) is 1. The molecule has 0 radical (unpaired) electrons. The number of halogens is 1. The highest BCUT2D eigenvalue weighted by Crippen LogP contribution is 2.32. The Morgan fingerprint density at radius 2 is 2.00 bits per heavy atom. The highest BCUT2D eigenvalue weighted by molar-refractivity contribution is 9.10. The summed E-state index contributed by atoms with van der Waals surface area (Å²) in [5, 5.41) is 9.65. The van der Waals surface area contributed by atoms with Gasteiger partial charge in [-0.3, -0.25) is 0 Å². The van der Waals surface area contributed by atoms with Crippen LogP contribution in [0.25, 0.3) is 10.9 Å². The van der Waals surface area contributed by atoms with E-state index in [1.165, 1.54) is 6.42 Å². The van der Waals surface area contributed by atoms with E-state index in [1.807, 2.05) is 0 Å². The van der Waals surface area contributed by atoms with Crippen molar-refractivity contribution >= 4 is 32.7 Å². The summed E-state index contributed by atoms with van der Waals surface area (Å²) in [5.74, 6) is 0.966. The molecular weight excluding hydrogens is 358 g/mol. The van der Waals surface area contributed by atoms with Crippen molar-refractivity contribution in [1.29, 1.82) is 0 Å². The van der Waals surface area contributed by atoms with E-state index in [-0.39, 0.29) is 6.23 Å². The number of fused-ring (bicyclic) bond motifs is 1. The molecule has 0 aliphatic carbocycles. The zero-order valence-corrected chi connectivity index (χ0v) is 14.7. The molecule has 2 aliphatic rings. The van der Waals surface area contributed by atoms with E-state index in [2.05, 4.69) is 44.1 Å². The van der Waals surface area contributed by atoms with E-state index in [1.54, 1.807) is 0 Å². The van der Waals surface area contributed by atoms with Crippen LogP contribution in [0.2, 0.25) is 0 Å². The lowest BCUT2D eigenvalue weighted by Gasteiger charge is -2.24. The van der Waals surface area contributed by atoms with Crippen LogP contribution < -0.4 is 5.32 Å². The summed E-state index contributed by atoms with van der Waals surface area (Å²) in [6, 6.07) is 6.78. The number of nitrogens with one attached hydrogen (secondary N) is 1. The second-order valence-electron chi connectivity index (χ2n) is 6.31. The molecule has 2 saturated heterocycles. The summed E-state index contributed by atoms with van der Waals surface area (Å²) >= 11 is 3.58. The SMILES string of the molecule is Brc1ccc2c(NC3CCOCC3)nn(C3CCCCO3)c2c1. The van der Waals surface area contributed by atoms with Crippen molar-refractivity contribution in [3.8, 4) is 0 Å². The fraction of sp³-hybridized carbons (Fsp3) is 0.588. The zero-order valence-electron chi connectivity index (χ0n) is 13.1. The Hall–Kier alpha value is -1.11. The van der Waals surface area contributed by atoms with Crippen molar-refractivity contribution in [1.82, 2.24) is 9.78 Å². The fourth-order valence-electron chi connectivity index (χ4n) is 3.39. The molecule has 1 aromatic carbocycles. The van der Waals surface area contributed by atoms with E-state index in [0.29, 0.717) is 6.04 Å². The van der Waals surface area contributed by atoms with Crippen molar-refractivity contribution in [3.05, 3.63) is 22.7 Å². The molecule has 6 heteroatoms. The Morgan fingerprint density at radius 3 is 2.78 bits per heavy atom. The van der Waals surface area contributed by atoms with Crippen molar-refractivity contribution in [2.45, 2.75) is 44.4 Å². The Morgan fingerprint density at radius 1 is 1.13 bits per heavy atom. The first kappa shape index (κ1) is 15.4. The van der Waals surface area contributed by atoms with Gasteiger partial charge in [0.1, 0.15) is 0 Å². The molecule has 124 valence electrons. The normalized spacial score (nSPS) is 23.3. The molecule has 1 aromatic heterocycles. The first-order chi connectivity index (χ1) is 11.3. The standard InChI is InChI=1S/C17H22BrN3O2/c18-12-4-5-14-15(11-12)21(16-3-1-2-8-23-16)20-17(14)19-13-6-9-22-10-7-13/h4-5,11,13,16H,1-3,6-10H2,(H,19,20). The largest absolute Gasteiger partial charge is 0.381 e. The summed E-state index contributed by atoms with van der Waals surface area (Å²) in [6.07, 6.45) is 5.48. The quantitative estimate of drug-likeness (QED) is 0.872. The van der Waals surface area contributed by atoms with Crippen molar-refractivity contribution < 1.29 is 9.47 Å². The van der Waals surface area contributed by atoms with Gasteiger partial charge in [-0.1, -0.05) is 15.9 Å². The molecule has 1 N–H and O–H groups in total. The lowest BCUT2D eigenvalue weighted by molar-refractivity contribution is -0.0365. The zero-order chi connectivity index (χ0) is 15.6. The summed E-state index contributed by atoms with van der Waals surface area (Å²) in [5.41, 5.74) is 1.13. The summed E-state index contributed by atoms with van der Waals surface area (Å²) in [7, 11) is 0. The lowest BCUT2D eigenvalue weighted by Crippen LogP contribution is -2.28. The Bertz CT molecular complexity index is 676. The van der Waals surface area contributed by atoms with Gasteiger partial charge in [-0.2, -0.15) is 5.10 Å². The molecule has 1 atom stereocenters. The summed E-state index contributed by atoms with van der Waals surface area (Å²) in [4.78, 5) is 0. The molecule has 2 aliphatic heterocycles. The number of anilines is 1. The molecular formula is C17H22BrN3O2. The van der Waals surface area contributed by atoms with Crippen molar-refractivity contribution in [2.75, 3.05) is 25.1 Å². The van der Waals surface area contributed by atoms with Gasteiger partial charge in [0, 0.05) is 35.7 Å². The molecule has 0 saturated carbocycles. The van der Waals surface area contributed by atoms with E-state index in [4.69, 9.17) is 14.6 Å². The molecule has 2 fully saturated rings. The first-order valence-corrected chi connectivity index (χ1v) is 9.24. The molecule has 0 amide bonds. The van der Waals surface area contributed by atoms with Crippen molar-refractivity contribution in [3.63, 3.8) is 0 Å². The van der Waals surface area contributed by atoms with Gasteiger partial charge in [0.05, 0.1) is 5.52 Å². The summed E-state index contributed by atoms with van der Waals surface area (Å²) in [6.45, 7) is 2.48. The maximum Gasteiger partial charge on any atom is 0.156 e. The number of rotatable bonds is 3. The van der Waals surface area contributed by atoms with Gasteiger partial charge in [0.2, 0.25) is 0 Å². The van der Waals surface area contributed by atoms with Gasteiger partial charge in [0.25, 0.3) is 0 Å². The minimum atomic E-state index is 0.0470. The van der Waals surface area contributed by atoms with Crippen LogP contribution in [0.15, 0.2) is 22.7 Å². The molecule has 0 bridgehead atoms. The average molecular weight is 380 g/mol. The minimum Gasteiger partial charge on any atom is -0.381 e. The van der Waals surface area contributed by atoms with Gasteiger partial charge in [-0.15, -0.1) is 0 Å². The third-order valence-corrected chi connectivity index (χ3v) is 5.15. The second kappa shape index (κ2) is 6.79. The van der Waals surface area contributed by atoms with Gasteiger partial charge in [-0.25, -0.2) is 4.68 Å². The van der Waals surface area contributed by atoms with Crippen LogP contribution in [-0.4, -0.2) is 35.6 Å². The van der Waals surface area contributed by atoms with E-state index < -0.39 is 0 Å². The van der Waals surface area contributed by atoms with Crippen molar-refractivity contribution in [2.24, 2.45) is 0 Å². The Kier molecular flexibility index (Phi) is 4.55. The number of aromatic nitrogens is 2. The van der Waals surface area contributed by atoms with Crippen LogP contribution in [0.3, 0.4) is 0 Å². The number of hydrogen-bond acceptors (Lipinski definition) is 4. The molecule has 1 unspecified atom stereocenters. The highest BCUT2D eigenvalue weighted by Gasteiger charge is 2.23. The third-order valence-electron chi connectivity index (χ3n) is 4.66. The Labute approximate surface area is 144 Å². The molecule has 5 nitrogen and oxygen atoms in total. The molecule has 3 heterocycles. The third kappa shape index (κ3) is 3.25. The second-order valence-corrected chi connectivity index (χ2v) is 7.22. The minimum absolute atomic E-state index is 0.0470. The van der Waals surface area contributed by atoms with E-state index >= 15 is 0 Å². The van der Waals surface area contributed by atoms with Crippen LogP contribution in [-0.2, 0) is 9.47 Å². The lowest BCUT2D eigenvalue weighted by atomic mass is 10.1. The first-order valence-electron chi connectivity index (χ1n) is 8.45. The maximum atomic E-state index is 5.95. The predicted octanol–water partition coefficient (Wildman–Crippen LogP) is 4.09. The molecule has 4 rings (SSSR count). The topological polar surface area (TPSA) is 48.3 Å². The maximum absolute atomic E-state index is 5.95. The predicted molar refractivity (Wildman–Crippen MR) is 93.7 cm³/mol. The number of benzene rings is 1. The Balaban J connectivity index is 1.69. The monoisotopic (exact) mass is 379 g/mol. The van der Waals surface area contributed by atoms with Gasteiger partial charge in [-0.05, 0) is 50.3 Å². The van der Waals surface area contributed by atoms with Crippen LogP contribution in [0, 0.1) is 0 Å². The molecule has 0 spiro atoms. The molecule has 2 aromatic rings. The van der Waals surface area contributed by atoms with Crippen LogP contribution >= 0.6 is 15.9 Å². The van der Waals surface area contributed by atoms with Crippen LogP contribution in [0.1, 0.15) is 38.3 Å². The van der Waals surface area contributed by atoms with Crippen LogP contribution in [0.5, 0.6) is 0 Å². The average Bonchev–Trinajstić information content (AvgIpc) is 2.94. The number of ether oxygens (including phenoxy) is 2.